The van der Waals surface area contributed by atoms with E-state index in [9.17, 15) is 18.0 Å². The molecule has 0 radical (unpaired) electrons. The van der Waals surface area contributed by atoms with Crippen molar-refractivity contribution in [3.63, 3.8) is 0 Å². The van der Waals surface area contributed by atoms with Crippen molar-refractivity contribution in [1.29, 1.82) is 0 Å². The standard InChI is InChI=1S/C27H23F3N6O/c28-27(29,30)21-5-4-17(14-18-2-1-3-22-19(18)8-9-31-22)15-20(21)26(37)36-12-10-35(11-13-36)24-7-6-23-25(34-24)33-16-32-23/h1-9,15-16,31H,10-14H2,(H,32,33,34). The van der Waals surface area contributed by atoms with Crippen LogP contribution in [0.5, 0.6) is 0 Å². The van der Waals surface area contributed by atoms with E-state index in [4.69, 9.17) is 0 Å². The van der Waals surface area contributed by atoms with Crippen LogP contribution in [0.1, 0.15) is 27.0 Å². The number of imidazole rings is 1. The Morgan fingerprint density at radius 2 is 1.78 bits per heavy atom. The van der Waals surface area contributed by atoms with Crippen molar-refractivity contribution in [3.05, 3.63) is 89.4 Å². The molecule has 7 nitrogen and oxygen atoms in total. The van der Waals surface area contributed by atoms with Gasteiger partial charge in [-0.1, -0.05) is 18.2 Å². The first-order valence-electron chi connectivity index (χ1n) is 12.0. The van der Waals surface area contributed by atoms with E-state index < -0.39 is 17.6 Å². The van der Waals surface area contributed by atoms with Crippen LogP contribution < -0.4 is 4.90 Å². The average molecular weight is 505 g/mol. The fourth-order valence-electron chi connectivity index (χ4n) is 4.95. The topological polar surface area (TPSA) is 80.9 Å². The fourth-order valence-corrected chi connectivity index (χ4v) is 4.95. The Morgan fingerprint density at radius 1 is 0.946 bits per heavy atom. The van der Waals surface area contributed by atoms with Crippen LogP contribution in [-0.2, 0) is 12.6 Å². The second-order valence-electron chi connectivity index (χ2n) is 9.13. The van der Waals surface area contributed by atoms with Crippen LogP contribution >= 0.6 is 0 Å². The second kappa shape index (κ2) is 8.95. The molecule has 4 heterocycles. The van der Waals surface area contributed by atoms with Gasteiger partial charge in [-0.25, -0.2) is 9.97 Å². The van der Waals surface area contributed by atoms with Gasteiger partial charge in [0.1, 0.15) is 5.82 Å². The minimum atomic E-state index is -4.63. The van der Waals surface area contributed by atoms with Gasteiger partial charge in [-0.05, 0) is 53.9 Å². The molecule has 0 spiro atoms. The average Bonchev–Trinajstić information content (AvgIpc) is 3.57. The lowest BCUT2D eigenvalue weighted by Gasteiger charge is -2.35. The number of hydrogen-bond acceptors (Lipinski definition) is 4. The maximum atomic E-state index is 13.9. The Hall–Kier alpha value is -4.34. The maximum absolute atomic E-state index is 13.9. The van der Waals surface area contributed by atoms with Crippen molar-refractivity contribution in [2.24, 2.45) is 0 Å². The van der Waals surface area contributed by atoms with Crippen molar-refractivity contribution in [2.75, 3.05) is 31.1 Å². The number of alkyl halides is 3. The third kappa shape index (κ3) is 4.39. The minimum absolute atomic E-state index is 0.295. The Bertz CT molecular complexity index is 1600. The number of carbonyl (C=O) groups is 1. The summed E-state index contributed by atoms with van der Waals surface area (Å²) in [5.74, 6) is 0.119. The van der Waals surface area contributed by atoms with E-state index in [1.54, 1.807) is 6.33 Å². The largest absolute Gasteiger partial charge is 0.417 e. The molecular weight excluding hydrogens is 481 g/mol. The van der Waals surface area contributed by atoms with Gasteiger partial charge in [0.2, 0.25) is 0 Å². The molecule has 1 saturated heterocycles. The molecule has 5 aromatic rings. The van der Waals surface area contributed by atoms with E-state index >= 15 is 0 Å². The maximum Gasteiger partial charge on any atom is 0.417 e. The summed E-state index contributed by atoms with van der Waals surface area (Å²) in [5, 5.41) is 1.01. The Labute approximate surface area is 209 Å². The summed E-state index contributed by atoms with van der Waals surface area (Å²) in [6.45, 7) is 1.52. The van der Waals surface area contributed by atoms with Gasteiger partial charge in [-0.2, -0.15) is 13.2 Å². The number of H-pyrrole nitrogens is 2. The number of nitrogens with one attached hydrogen (secondary N) is 2. The summed E-state index contributed by atoms with van der Waals surface area (Å²) in [6, 6.07) is 15.4. The van der Waals surface area contributed by atoms with E-state index in [0.29, 0.717) is 43.8 Å². The predicted octanol–water partition coefficient (Wildman–Crippen LogP) is 5.01. The molecule has 10 heteroatoms. The van der Waals surface area contributed by atoms with Crippen molar-refractivity contribution in [1.82, 2.24) is 24.8 Å². The molecule has 0 unspecified atom stereocenters. The molecule has 188 valence electrons. The van der Waals surface area contributed by atoms with Gasteiger partial charge < -0.3 is 19.8 Å². The highest BCUT2D eigenvalue weighted by molar-refractivity contribution is 5.96. The van der Waals surface area contributed by atoms with Gasteiger partial charge in [0.15, 0.2) is 5.65 Å². The van der Waals surface area contributed by atoms with E-state index in [1.165, 1.54) is 17.0 Å². The molecule has 1 aliphatic rings. The van der Waals surface area contributed by atoms with E-state index in [1.807, 2.05) is 47.5 Å². The van der Waals surface area contributed by atoms with Gasteiger partial charge in [0.05, 0.1) is 23.0 Å². The highest BCUT2D eigenvalue weighted by Crippen LogP contribution is 2.34. The van der Waals surface area contributed by atoms with Crippen molar-refractivity contribution < 1.29 is 18.0 Å². The number of rotatable bonds is 4. The smallest absolute Gasteiger partial charge is 0.361 e. The first-order chi connectivity index (χ1) is 17.9. The zero-order chi connectivity index (χ0) is 25.6. The summed E-state index contributed by atoms with van der Waals surface area (Å²) < 4.78 is 41.7. The lowest BCUT2D eigenvalue weighted by atomic mass is 9.96. The second-order valence-corrected chi connectivity index (χ2v) is 9.13. The molecule has 2 N–H and O–H groups in total. The third-order valence-corrected chi connectivity index (χ3v) is 6.86. The number of halogens is 3. The molecule has 3 aromatic heterocycles. The number of pyridine rings is 1. The number of aromatic nitrogens is 4. The van der Waals surface area contributed by atoms with Gasteiger partial charge >= 0.3 is 6.18 Å². The number of piperazine rings is 1. The number of nitrogens with zero attached hydrogens (tertiary/aromatic N) is 4. The summed E-state index contributed by atoms with van der Waals surface area (Å²) in [7, 11) is 0. The summed E-state index contributed by atoms with van der Waals surface area (Å²) in [5.41, 5.74) is 2.79. The molecule has 0 aliphatic carbocycles. The Kier molecular flexibility index (Phi) is 5.58. The lowest BCUT2D eigenvalue weighted by Crippen LogP contribution is -2.49. The van der Waals surface area contributed by atoms with Crippen LogP contribution in [0.2, 0.25) is 0 Å². The zero-order valence-electron chi connectivity index (χ0n) is 19.7. The van der Waals surface area contributed by atoms with Crippen LogP contribution in [0.4, 0.5) is 19.0 Å². The quantitative estimate of drug-likeness (QED) is 0.361. The van der Waals surface area contributed by atoms with Crippen LogP contribution in [0, 0.1) is 0 Å². The molecular formula is C27H23F3N6O. The van der Waals surface area contributed by atoms with Crippen LogP contribution in [0.15, 0.2) is 67.1 Å². The Morgan fingerprint density at radius 3 is 2.59 bits per heavy atom. The highest BCUT2D eigenvalue weighted by atomic mass is 19.4. The van der Waals surface area contributed by atoms with Crippen LogP contribution in [-0.4, -0.2) is 56.9 Å². The SMILES string of the molecule is O=C(c1cc(Cc2cccc3[nH]ccc23)ccc1C(F)(F)F)N1CCN(c2ccc3[nH]cnc3n2)CC1. The normalized spacial score (nSPS) is 14.6. The summed E-state index contributed by atoms with van der Waals surface area (Å²) in [6.07, 6.45) is -0.807. The number of amides is 1. The number of fused-ring (bicyclic) bond motifs is 2. The van der Waals surface area contributed by atoms with Gasteiger partial charge in [-0.3, -0.25) is 4.79 Å². The summed E-state index contributed by atoms with van der Waals surface area (Å²) >= 11 is 0. The first-order valence-corrected chi connectivity index (χ1v) is 12.0. The molecule has 0 saturated carbocycles. The third-order valence-electron chi connectivity index (χ3n) is 6.86. The van der Waals surface area contributed by atoms with Crippen molar-refractivity contribution in [2.45, 2.75) is 12.6 Å². The lowest BCUT2D eigenvalue weighted by molar-refractivity contribution is -0.138. The van der Waals surface area contributed by atoms with Crippen molar-refractivity contribution in [3.8, 4) is 0 Å². The number of hydrogen-bond donors (Lipinski definition) is 2. The predicted molar refractivity (Wildman–Crippen MR) is 135 cm³/mol. The van der Waals surface area contributed by atoms with E-state index in [2.05, 4.69) is 19.9 Å². The molecule has 0 atom stereocenters. The molecule has 6 rings (SSSR count). The van der Waals surface area contributed by atoms with Crippen molar-refractivity contribution >= 4 is 33.8 Å². The van der Waals surface area contributed by atoms with Crippen LogP contribution in [0.25, 0.3) is 22.1 Å². The first kappa shape index (κ1) is 23.1. The van der Waals surface area contributed by atoms with E-state index in [0.717, 1.165) is 33.9 Å². The van der Waals surface area contributed by atoms with E-state index in [-0.39, 0.29) is 5.56 Å². The molecule has 37 heavy (non-hydrogen) atoms. The number of carbonyl (C=O) groups excluding carboxylic acids is 1. The molecule has 1 amide bonds. The minimum Gasteiger partial charge on any atom is -0.361 e. The van der Waals surface area contributed by atoms with Crippen LogP contribution in [0.3, 0.4) is 0 Å². The van der Waals surface area contributed by atoms with Gasteiger partial charge in [0.25, 0.3) is 5.91 Å². The van der Waals surface area contributed by atoms with Gasteiger partial charge in [-0.15, -0.1) is 0 Å². The monoisotopic (exact) mass is 504 g/mol. The Balaban J connectivity index is 1.24. The molecule has 0 bridgehead atoms. The zero-order valence-corrected chi connectivity index (χ0v) is 19.7. The highest BCUT2D eigenvalue weighted by Gasteiger charge is 2.37. The number of aromatic amines is 2. The fraction of sp³-hybridized carbons (Fsp3) is 0.222. The summed E-state index contributed by atoms with van der Waals surface area (Å²) in [4.78, 5) is 31.7. The molecule has 1 aliphatic heterocycles. The molecule has 1 fully saturated rings. The number of anilines is 1. The number of benzene rings is 2. The molecule has 2 aromatic carbocycles. The van der Waals surface area contributed by atoms with Gasteiger partial charge in [0, 0.05) is 43.3 Å².